The molecule has 3 nitrogen and oxygen atoms in total. The van der Waals surface area contributed by atoms with Crippen molar-refractivity contribution in [3.63, 3.8) is 0 Å². The minimum Gasteiger partial charge on any atom is -0.352 e. The fourth-order valence-electron chi connectivity index (χ4n) is 2.13. The average molecular weight is 271 g/mol. The monoisotopic (exact) mass is 270 g/mol. The third-order valence-electron chi connectivity index (χ3n) is 3.20. The van der Waals surface area contributed by atoms with E-state index in [1.54, 1.807) is 0 Å². The van der Waals surface area contributed by atoms with Gasteiger partial charge in [0.05, 0.1) is 10.6 Å². The highest BCUT2D eigenvalue weighted by atomic mass is 35.5. The summed E-state index contributed by atoms with van der Waals surface area (Å²) in [6.07, 6.45) is 2.09. The summed E-state index contributed by atoms with van der Waals surface area (Å²) in [5.41, 5.74) is 0.196. The van der Waals surface area contributed by atoms with E-state index in [1.165, 1.54) is 18.2 Å². The van der Waals surface area contributed by atoms with Gasteiger partial charge in [0.1, 0.15) is 5.82 Å². The fourth-order valence-corrected chi connectivity index (χ4v) is 2.34. The molecule has 2 N–H and O–H groups in total. The lowest BCUT2D eigenvalue weighted by atomic mass is 10.1. The maximum Gasteiger partial charge on any atom is 0.252 e. The Morgan fingerprint density at radius 2 is 2.39 bits per heavy atom. The summed E-state index contributed by atoms with van der Waals surface area (Å²) in [6, 6.07) is 4.25. The van der Waals surface area contributed by atoms with Crippen molar-refractivity contribution >= 4 is 17.5 Å². The third kappa shape index (κ3) is 3.21. The molecule has 1 aliphatic rings. The van der Waals surface area contributed by atoms with Gasteiger partial charge in [-0.1, -0.05) is 17.7 Å². The minimum absolute atomic E-state index is 0.113. The van der Waals surface area contributed by atoms with Gasteiger partial charge in [0, 0.05) is 6.54 Å². The van der Waals surface area contributed by atoms with E-state index in [0.717, 1.165) is 25.9 Å². The van der Waals surface area contributed by atoms with Crippen LogP contribution in [0.4, 0.5) is 4.39 Å². The number of amides is 1. The molecule has 1 fully saturated rings. The van der Waals surface area contributed by atoms with Crippen LogP contribution in [-0.4, -0.2) is 25.5 Å². The van der Waals surface area contributed by atoms with E-state index in [1.807, 2.05) is 0 Å². The zero-order valence-electron chi connectivity index (χ0n) is 10.0. The summed E-state index contributed by atoms with van der Waals surface area (Å²) >= 11 is 5.75. The van der Waals surface area contributed by atoms with Crippen molar-refractivity contribution in [2.45, 2.75) is 12.8 Å². The molecular formula is C13H16ClFN2O. The smallest absolute Gasteiger partial charge is 0.252 e. The van der Waals surface area contributed by atoms with E-state index in [9.17, 15) is 9.18 Å². The zero-order valence-corrected chi connectivity index (χ0v) is 10.8. The first-order valence-electron chi connectivity index (χ1n) is 6.11. The Morgan fingerprint density at radius 3 is 3.11 bits per heavy atom. The van der Waals surface area contributed by atoms with Gasteiger partial charge in [-0.3, -0.25) is 4.79 Å². The first-order chi connectivity index (χ1) is 8.68. The second-order valence-electron chi connectivity index (χ2n) is 4.50. The van der Waals surface area contributed by atoms with Gasteiger partial charge in [-0.2, -0.15) is 0 Å². The first-order valence-corrected chi connectivity index (χ1v) is 6.49. The van der Waals surface area contributed by atoms with E-state index in [0.29, 0.717) is 12.5 Å². The Bertz CT molecular complexity index is 433. The summed E-state index contributed by atoms with van der Waals surface area (Å²) in [5, 5.41) is 5.94. The summed E-state index contributed by atoms with van der Waals surface area (Å²) in [6.45, 7) is 2.66. The Kier molecular flexibility index (Phi) is 4.55. The zero-order chi connectivity index (χ0) is 13.0. The normalized spacial score (nSPS) is 18.9. The first kappa shape index (κ1) is 13.3. The number of halogens is 2. The van der Waals surface area contributed by atoms with Gasteiger partial charge in [0.25, 0.3) is 5.91 Å². The lowest BCUT2D eigenvalue weighted by Gasteiger charge is -2.10. The predicted octanol–water partition coefficient (Wildman–Crippen LogP) is 2.21. The van der Waals surface area contributed by atoms with Crippen molar-refractivity contribution < 1.29 is 9.18 Å². The SMILES string of the molecule is O=C(NCC[C@@H]1CCNC1)c1cccc(F)c1Cl. The molecule has 1 amide bonds. The molecule has 1 atom stereocenters. The van der Waals surface area contributed by atoms with E-state index in [4.69, 9.17) is 11.6 Å². The van der Waals surface area contributed by atoms with Crippen molar-refractivity contribution in [2.75, 3.05) is 19.6 Å². The Hall–Kier alpha value is -1.13. The molecule has 18 heavy (non-hydrogen) atoms. The summed E-state index contributed by atoms with van der Waals surface area (Å²) in [4.78, 5) is 11.8. The van der Waals surface area contributed by atoms with Gasteiger partial charge in [-0.15, -0.1) is 0 Å². The van der Waals surface area contributed by atoms with Gasteiger partial charge < -0.3 is 10.6 Å². The molecule has 0 aliphatic carbocycles. The van der Waals surface area contributed by atoms with Crippen molar-refractivity contribution in [1.82, 2.24) is 10.6 Å². The third-order valence-corrected chi connectivity index (χ3v) is 3.58. The quantitative estimate of drug-likeness (QED) is 0.881. The van der Waals surface area contributed by atoms with Gasteiger partial charge in [-0.05, 0) is 44.0 Å². The van der Waals surface area contributed by atoms with Gasteiger partial charge in [-0.25, -0.2) is 4.39 Å². The molecule has 0 saturated carbocycles. The van der Waals surface area contributed by atoms with Crippen LogP contribution < -0.4 is 10.6 Å². The Labute approximate surface area is 111 Å². The van der Waals surface area contributed by atoms with E-state index >= 15 is 0 Å². The molecule has 5 heteroatoms. The molecule has 98 valence electrons. The molecule has 0 radical (unpaired) electrons. The number of benzene rings is 1. The largest absolute Gasteiger partial charge is 0.352 e. The second kappa shape index (κ2) is 6.16. The standard InChI is InChI=1S/C13H16ClFN2O/c14-12-10(2-1-3-11(12)15)13(18)17-7-5-9-4-6-16-8-9/h1-3,9,16H,4-8H2,(H,17,18)/t9-/m0/s1. The van der Waals surface area contributed by atoms with Gasteiger partial charge in [0.15, 0.2) is 0 Å². The number of carbonyl (C=O) groups is 1. The van der Waals surface area contributed by atoms with Crippen LogP contribution in [0.2, 0.25) is 5.02 Å². The molecule has 0 aromatic heterocycles. The summed E-state index contributed by atoms with van der Waals surface area (Å²) in [5.74, 6) is -0.261. The lowest BCUT2D eigenvalue weighted by Crippen LogP contribution is -2.26. The van der Waals surface area contributed by atoms with E-state index < -0.39 is 5.82 Å². The molecule has 2 rings (SSSR count). The van der Waals surface area contributed by atoms with Crippen molar-refractivity contribution in [3.05, 3.63) is 34.6 Å². The van der Waals surface area contributed by atoms with Crippen molar-refractivity contribution in [1.29, 1.82) is 0 Å². The highest BCUT2D eigenvalue weighted by Crippen LogP contribution is 2.19. The number of hydrogen-bond acceptors (Lipinski definition) is 2. The van der Waals surface area contributed by atoms with Crippen molar-refractivity contribution in [2.24, 2.45) is 5.92 Å². The van der Waals surface area contributed by atoms with Crippen LogP contribution in [0.5, 0.6) is 0 Å². The predicted molar refractivity (Wildman–Crippen MR) is 69.3 cm³/mol. The minimum atomic E-state index is -0.565. The molecule has 1 aromatic rings. The molecule has 0 unspecified atom stereocenters. The summed E-state index contributed by atoms with van der Waals surface area (Å²) < 4.78 is 13.2. The van der Waals surface area contributed by atoms with Crippen LogP contribution in [0.25, 0.3) is 0 Å². The van der Waals surface area contributed by atoms with Crippen LogP contribution in [0, 0.1) is 11.7 Å². The average Bonchev–Trinajstić information content (AvgIpc) is 2.85. The van der Waals surface area contributed by atoms with Crippen LogP contribution in [0.3, 0.4) is 0 Å². The topological polar surface area (TPSA) is 41.1 Å². The maximum atomic E-state index is 13.2. The fraction of sp³-hybridized carbons (Fsp3) is 0.462. The lowest BCUT2D eigenvalue weighted by molar-refractivity contribution is 0.0951. The molecule has 1 heterocycles. The van der Waals surface area contributed by atoms with Gasteiger partial charge >= 0.3 is 0 Å². The number of carbonyl (C=O) groups excluding carboxylic acids is 1. The Balaban J connectivity index is 1.85. The van der Waals surface area contributed by atoms with Gasteiger partial charge in [0.2, 0.25) is 0 Å². The molecule has 1 aromatic carbocycles. The van der Waals surface area contributed by atoms with Crippen LogP contribution in [0.1, 0.15) is 23.2 Å². The summed E-state index contributed by atoms with van der Waals surface area (Å²) in [7, 11) is 0. The number of nitrogens with one attached hydrogen (secondary N) is 2. The second-order valence-corrected chi connectivity index (χ2v) is 4.88. The molecule has 1 saturated heterocycles. The highest BCUT2D eigenvalue weighted by molar-refractivity contribution is 6.34. The highest BCUT2D eigenvalue weighted by Gasteiger charge is 2.16. The molecular weight excluding hydrogens is 255 g/mol. The molecule has 1 aliphatic heterocycles. The molecule has 0 spiro atoms. The van der Waals surface area contributed by atoms with E-state index in [-0.39, 0.29) is 16.5 Å². The maximum absolute atomic E-state index is 13.2. The van der Waals surface area contributed by atoms with Crippen LogP contribution >= 0.6 is 11.6 Å². The van der Waals surface area contributed by atoms with Crippen LogP contribution in [0.15, 0.2) is 18.2 Å². The van der Waals surface area contributed by atoms with Crippen LogP contribution in [-0.2, 0) is 0 Å². The van der Waals surface area contributed by atoms with Crippen molar-refractivity contribution in [3.8, 4) is 0 Å². The number of rotatable bonds is 4. The molecule has 0 bridgehead atoms. The Morgan fingerprint density at radius 1 is 1.56 bits per heavy atom. The van der Waals surface area contributed by atoms with E-state index in [2.05, 4.69) is 10.6 Å². The number of hydrogen-bond donors (Lipinski definition) is 2.